The number of ether oxygens (including phenoxy) is 1. The maximum atomic E-state index is 13.0. The molecule has 29 heavy (non-hydrogen) atoms. The van der Waals surface area contributed by atoms with E-state index in [0.29, 0.717) is 24.4 Å². The fourth-order valence-electron chi connectivity index (χ4n) is 3.30. The molecule has 1 aromatic carbocycles. The summed E-state index contributed by atoms with van der Waals surface area (Å²) < 4.78 is 10.6. The Morgan fingerprint density at radius 2 is 2.03 bits per heavy atom. The number of oxazole rings is 1. The second kappa shape index (κ2) is 7.71. The number of carbonyl (C=O) groups excluding carboxylic acids is 2. The van der Waals surface area contributed by atoms with Crippen molar-refractivity contribution in [1.82, 2.24) is 15.2 Å². The minimum absolute atomic E-state index is 0.0810. The van der Waals surface area contributed by atoms with E-state index in [1.165, 1.54) is 22.5 Å². The zero-order valence-electron chi connectivity index (χ0n) is 16.2. The van der Waals surface area contributed by atoms with E-state index in [1.54, 1.807) is 14.0 Å². The lowest BCUT2D eigenvalue weighted by molar-refractivity contribution is -0.131. The van der Waals surface area contributed by atoms with Gasteiger partial charge >= 0.3 is 6.03 Å². The van der Waals surface area contributed by atoms with Gasteiger partial charge in [-0.05, 0) is 48.9 Å². The lowest BCUT2D eigenvalue weighted by Crippen LogP contribution is -2.44. The van der Waals surface area contributed by atoms with Crippen molar-refractivity contribution in [3.8, 4) is 16.5 Å². The van der Waals surface area contributed by atoms with Crippen LogP contribution in [0.15, 0.2) is 52.5 Å². The maximum absolute atomic E-state index is 13.0. The van der Waals surface area contributed by atoms with E-state index in [9.17, 15) is 9.59 Å². The standard InChI is InChI=1S/C21H21N3O4S/c1-21(10-9-14-5-7-16(27-2)8-6-14)19(25)24(20(26)23-21)12-15-13-28-18(22-15)17-4-3-11-29-17/h3-8,11,13H,9-10,12H2,1-2H3,(H,23,26)/t21-/m1/s1. The molecule has 0 aliphatic carbocycles. The minimum atomic E-state index is -0.947. The number of benzene rings is 1. The highest BCUT2D eigenvalue weighted by Crippen LogP contribution is 2.27. The molecule has 1 aliphatic rings. The first-order valence-electron chi connectivity index (χ1n) is 9.24. The van der Waals surface area contributed by atoms with Crippen LogP contribution in [-0.2, 0) is 17.8 Å². The van der Waals surface area contributed by atoms with Crippen LogP contribution in [0.1, 0.15) is 24.6 Å². The van der Waals surface area contributed by atoms with Gasteiger partial charge in [0.2, 0.25) is 5.89 Å². The smallest absolute Gasteiger partial charge is 0.325 e. The van der Waals surface area contributed by atoms with E-state index in [2.05, 4.69) is 10.3 Å². The number of amides is 3. The zero-order valence-corrected chi connectivity index (χ0v) is 17.0. The fraction of sp³-hybridized carbons (Fsp3) is 0.286. The number of imide groups is 1. The van der Waals surface area contributed by atoms with E-state index in [1.807, 2.05) is 41.8 Å². The van der Waals surface area contributed by atoms with Crippen molar-refractivity contribution >= 4 is 23.3 Å². The lowest BCUT2D eigenvalue weighted by Gasteiger charge is -2.21. The molecular formula is C21H21N3O4S. The van der Waals surface area contributed by atoms with Crippen molar-refractivity contribution in [1.29, 1.82) is 0 Å². The summed E-state index contributed by atoms with van der Waals surface area (Å²) >= 11 is 1.52. The van der Waals surface area contributed by atoms with Crippen molar-refractivity contribution in [2.75, 3.05) is 7.11 Å². The van der Waals surface area contributed by atoms with E-state index < -0.39 is 11.6 Å². The van der Waals surface area contributed by atoms with Crippen LogP contribution in [0.3, 0.4) is 0 Å². The summed E-state index contributed by atoms with van der Waals surface area (Å²) in [5.41, 5.74) is 0.665. The van der Waals surface area contributed by atoms with Crippen molar-refractivity contribution in [3.63, 3.8) is 0 Å². The molecule has 8 heteroatoms. The fourth-order valence-corrected chi connectivity index (χ4v) is 3.96. The number of thiophene rings is 1. The number of carbonyl (C=O) groups is 2. The first-order valence-corrected chi connectivity index (χ1v) is 10.1. The van der Waals surface area contributed by atoms with Crippen LogP contribution < -0.4 is 10.1 Å². The molecular weight excluding hydrogens is 390 g/mol. The first kappa shape index (κ1) is 19.2. The molecule has 1 N–H and O–H groups in total. The Morgan fingerprint density at radius 1 is 1.24 bits per heavy atom. The Morgan fingerprint density at radius 3 is 2.72 bits per heavy atom. The number of rotatable bonds is 7. The molecule has 0 unspecified atom stereocenters. The number of urea groups is 1. The van der Waals surface area contributed by atoms with Gasteiger partial charge in [0.15, 0.2) is 0 Å². The van der Waals surface area contributed by atoms with Gasteiger partial charge in [0.05, 0.1) is 24.2 Å². The van der Waals surface area contributed by atoms with Gasteiger partial charge in [0.25, 0.3) is 5.91 Å². The molecule has 150 valence electrons. The number of methoxy groups -OCH3 is 1. The van der Waals surface area contributed by atoms with Gasteiger partial charge in [-0.2, -0.15) is 0 Å². The van der Waals surface area contributed by atoms with Gasteiger partial charge in [-0.1, -0.05) is 18.2 Å². The Bertz CT molecular complexity index is 1010. The summed E-state index contributed by atoms with van der Waals surface area (Å²) in [6, 6.07) is 11.1. The second-order valence-electron chi connectivity index (χ2n) is 7.12. The molecule has 3 heterocycles. The van der Waals surface area contributed by atoms with E-state index in [4.69, 9.17) is 9.15 Å². The van der Waals surface area contributed by atoms with E-state index in [-0.39, 0.29) is 12.5 Å². The molecule has 1 aliphatic heterocycles. The summed E-state index contributed by atoms with van der Waals surface area (Å²) in [5.74, 6) is 1.02. The number of nitrogens with one attached hydrogen (secondary N) is 1. The Kier molecular flexibility index (Phi) is 5.10. The minimum Gasteiger partial charge on any atom is -0.497 e. The van der Waals surface area contributed by atoms with Crippen LogP contribution in [-0.4, -0.2) is 34.5 Å². The van der Waals surface area contributed by atoms with Crippen molar-refractivity contribution in [3.05, 3.63) is 59.3 Å². The Labute approximate surface area is 172 Å². The highest BCUT2D eigenvalue weighted by molar-refractivity contribution is 7.13. The largest absolute Gasteiger partial charge is 0.497 e. The molecule has 4 rings (SSSR count). The van der Waals surface area contributed by atoms with Crippen LogP contribution >= 0.6 is 11.3 Å². The maximum Gasteiger partial charge on any atom is 0.325 e. The highest BCUT2D eigenvalue weighted by atomic mass is 32.1. The van der Waals surface area contributed by atoms with Crippen LogP contribution in [0.2, 0.25) is 0 Å². The number of hydrogen-bond acceptors (Lipinski definition) is 6. The first-order chi connectivity index (χ1) is 14.0. The number of nitrogens with zero attached hydrogens (tertiary/aromatic N) is 2. The quantitative estimate of drug-likeness (QED) is 0.597. The average Bonchev–Trinajstić information content (AvgIpc) is 3.45. The third-order valence-electron chi connectivity index (χ3n) is 5.02. The Hall–Kier alpha value is -3.13. The second-order valence-corrected chi connectivity index (χ2v) is 8.07. The van der Waals surface area contributed by atoms with Gasteiger partial charge in [-0.25, -0.2) is 9.78 Å². The summed E-state index contributed by atoms with van der Waals surface area (Å²) in [6.45, 7) is 1.84. The van der Waals surface area contributed by atoms with Gasteiger partial charge < -0.3 is 14.5 Å². The van der Waals surface area contributed by atoms with Gasteiger partial charge in [-0.3, -0.25) is 9.69 Å². The van der Waals surface area contributed by atoms with E-state index in [0.717, 1.165) is 16.2 Å². The molecule has 3 aromatic rings. The molecule has 0 radical (unpaired) electrons. The third-order valence-corrected chi connectivity index (χ3v) is 5.88. The molecule has 1 atom stereocenters. The summed E-state index contributed by atoms with van der Waals surface area (Å²) in [6.07, 6.45) is 2.65. The van der Waals surface area contributed by atoms with E-state index >= 15 is 0 Å². The molecule has 0 spiro atoms. The molecule has 2 aromatic heterocycles. The summed E-state index contributed by atoms with van der Waals surface area (Å²) in [7, 11) is 1.62. The number of hydrogen-bond donors (Lipinski definition) is 1. The van der Waals surface area contributed by atoms with Crippen LogP contribution in [0.4, 0.5) is 4.79 Å². The molecule has 7 nitrogen and oxygen atoms in total. The zero-order chi connectivity index (χ0) is 20.4. The van der Waals surface area contributed by atoms with Crippen molar-refractivity contribution < 1.29 is 18.7 Å². The predicted molar refractivity (Wildman–Crippen MR) is 109 cm³/mol. The SMILES string of the molecule is COc1ccc(CC[C@@]2(C)NC(=O)N(Cc3coc(-c4cccs4)n3)C2=O)cc1. The topological polar surface area (TPSA) is 84.7 Å². The van der Waals surface area contributed by atoms with Crippen LogP contribution in [0.25, 0.3) is 10.8 Å². The monoisotopic (exact) mass is 411 g/mol. The van der Waals surface area contributed by atoms with Crippen molar-refractivity contribution in [2.45, 2.75) is 31.8 Å². The third kappa shape index (κ3) is 3.88. The van der Waals surface area contributed by atoms with Crippen molar-refractivity contribution in [2.24, 2.45) is 0 Å². The molecule has 3 amide bonds. The van der Waals surface area contributed by atoms with Crippen LogP contribution in [0.5, 0.6) is 5.75 Å². The number of aromatic nitrogens is 1. The summed E-state index contributed by atoms with van der Waals surface area (Å²) in [4.78, 5) is 31.9. The normalized spacial score (nSPS) is 18.9. The van der Waals surface area contributed by atoms with Crippen LogP contribution in [0, 0.1) is 0 Å². The lowest BCUT2D eigenvalue weighted by atomic mass is 9.93. The number of aryl methyl sites for hydroxylation is 1. The molecule has 1 saturated heterocycles. The average molecular weight is 411 g/mol. The Balaban J connectivity index is 1.42. The van der Waals surface area contributed by atoms with Gasteiger partial charge in [0.1, 0.15) is 17.6 Å². The molecule has 0 bridgehead atoms. The molecule has 1 fully saturated rings. The molecule has 0 saturated carbocycles. The highest BCUT2D eigenvalue weighted by Gasteiger charge is 2.47. The van der Waals surface area contributed by atoms with Gasteiger partial charge in [0, 0.05) is 0 Å². The predicted octanol–water partition coefficient (Wildman–Crippen LogP) is 3.86. The van der Waals surface area contributed by atoms with Gasteiger partial charge in [-0.15, -0.1) is 11.3 Å². The summed E-state index contributed by atoms with van der Waals surface area (Å²) in [5, 5.41) is 4.77.